The van der Waals surface area contributed by atoms with Gasteiger partial charge in [0.15, 0.2) is 5.82 Å². The molecule has 0 amide bonds. The van der Waals surface area contributed by atoms with E-state index in [2.05, 4.69) is 81.1 Å². The molecule has 2 aromatic carbocycles. The van der Waals surface area contributed by atoms with Crippen molar-refractivity contribution in [3.05, 3.63) is 54.1 Å². The van der Waals surface area contributed by atoms with Crippen LogP contribution in [0.3, 0.4) is 0 Å². The predicted octanol–water partition coefficient (Wildman–Crippen LogP) is 2.83. The molecule has 4 rings (SSSR count). The third kappa shape index (κ3) is 4.15. The molecule has 2 heterocycles. The fourth-order valence-electron chi connectivity index (χ4n) is 3.77. The number of hydrogen-bond acceptors (Lipinski definition) is 3. The van der Waals surface area contributed by atoms with E-state index in [1.54, 1.807) is 0 Å². The molecule has 1 aliphatic rings. The highest BCUT2D eigenvalue weighted by Crippen LogP contribution is 2.31. The number of aromatic nitrogens is 2. The molecule has 3 nitrogen and oxygen atoms in total. The van der Waals surface area contributed by atoms with Crippen molar-refractivity contribution in [2.24, 2.45) is 5.92 Å². The molecule has 0 bridgehead atoms. The van der Waals surface area contributed by atoms with E-state index in [9.17, 15) is 0 Å². The van der Waals surface area contributed by atoms with Crippen LogP contribution in [-0.4, -0.2) is 23.1 Å². The van der Waals surface area contributed by atoms with Crippen LogP contribution in [0.5, 0.6) is 0 Å². The summed E-state index contributed by atoms with van der Waals surface area (Å²) in [6.07, 6.45) is 2.46. The molecule has 0 unspecified atom stereocenters. The monoisotopic (exact) mass is 394 g/mol. The molecule has 1 fully saturated rings. The zero-order valence-corrected chi connectivity index (χ0v) is 18.0. The van der Waals surface area contributed by atoms with E-state index in [0.29, 0.717) is 0 Å². The lowest BCUT2D eigenvalue weighted by Gasteiger charge is -2.32. The minimum atomic E-state index is 0. The van der Waals surface area contributed by atoms with Gasteiger partial charge >= 0.3 is 0 Å². The number of benzene rings is 2. The van der Waals surface area contributed by atoms with Gasteiger partial charge in [0.05, 0.1) is 5.52 Å². The molecule has 4 heteroatoms. The molecule has 3 aromatic rings. The standard InChI is InChI=1S/C24H29N3.ClH/c1-17-13-15-27(16-14-17)23-20-7-5-6-8-21(20)25-22(26-23)18-9-11-19(12-10-18)24(2,3)4;/h5-12,17H,13-16H2,1-4H3;1H/p-1. The van der Waals surface area contributed by atoms with Gasteiger partial charge in [-0.3, -0.25) is 0 Å². The Balaban J connectivity index is 0.00000225. The molecule has 0 radical (unpaired) electrons. The van der Waals surface area contributed by atoms with Gasteiger partial charge in [-0.05, 0) is 41.9 Å². The van der Waals surface area contributed by atoms with Crippen molar-refractivity contribution in [1.29, 1.82) is 0 Å². The first-order valence-electron chi connectivity index (χ1n) is 10.0. The second-order valence-electron chi connectivity index (χ2n) is 8.88. The minimum absolute atomic E-state index is 0. The Hall–Kier alpha value is -2.13. The second kappa shape index (κ2) is 8.08. The third-order valence-electron chi connectivity index (χ3n) is 5.68. The maximum absolute atomic E-state index is 5.03. The van der Waals surface area contributed by atoms with Crippen LogP contribution >= 0.6 is 0 Å². The van der Waals surface area contributed by atoms with Crippen LogP contribution in [0.2, 0.25) is 0 Å². The quantitative estimate of drug-likeness (QED) is 0.669. The number of nitrogens with zero attached hydrogens (tertiary/aromatic N) is 3. The predicted molar refractivity (Wildman–Crippen MR) is 114 cm³/mol. The number of piperidine rings is 1. The normalized spacial score (nSPS) is 15.5. The van der Waals surface area contributed by atoms with Crippen molar-refractivity contribution >= 4 is 16.7 Å². The van der Waals surface area contributed by atoms with Crippen LogP contribution in [0.4, 0.5) is 5.82 Å². The topological polar surface area (TPSA) is 29.0 Å². The van der Waals surface area contributed by atoms with E-state index in [4.69, 9.17) is 9.97 Å². The van der Waals surface area contributed by atoms with Gasteiger partial charge in [0.25, 0.3) is 0 Å². The van der Waals surface area contributed by atoms with Gasteiger partial charge in [-0.1, -0.05) is 64.1 Å². The highest BCUT2D eigenvalue weighted by molar-refractivity contribution is 5.91. The smallest absolute Gasteiger partial charge is 0.162 e. The van der Waals surface area contributed by atoms with Crippen LogP contribution < -0.4 is 17.3 Å². The fourth-order valence-corrected chi connectivity index (χ4v) is 3.77. The van der Waals surface area contributed by atoms with Crippen LogP contribution in [-0.2, 0) is 5.41 Å². The summed E-state index contributed by atoms with van der Waals surface area (Å²) in [6.45, 7) is 11.2. The number of halogens is 1. The first-order valence-corrected chi connectivity index (χ1v) is 10.0. The molecule has 1 saturated heterocycles. The molecule has 0 saturated carbocycles. The van der Waals surface area contributed by atoms with Crippen molar-refractivity contribution in [3.8, 4) is 11.4 Å². The molecular weight excluding hydrogens is 366 g/mol. The largest absolute Gasteiger partial charge is 1.00 e. The fraction of sp³-hybridized carbons (Fsp3) is 0.417. The van der Waals surface area contributed by atoms with Crippen molar-refractivity contribution in [2.75, 3.05) is 18.0 Å². The Morgan fingerprint density at radius 3 is 2.18 bits per heavy atom. The molecule has 148 valence electrons. The zero-order chi connectivity index (χ0) is 19.0. The lowest BCUT2D eigenvalue weighted by Crippen LogP contribution is -3.00. The highest BCUT2D eigenvalue weighted by Gasteiger charge is 2.21. The van der Waals surface area contributed by atoms with E-state index in [-0.39, 0.29) is 17.8 Å². The molecule has 28 heavy (non-hydrogen) atoms. The summed E-state index contributed by atoms with van der Waals surface area (Å²) in [7, 11) is 0. The lowest BCUT2D eigenvalue weighted by atomic mass is 9.86. The molecular formula is C24H29ClN3-. The van der Waals surface area contributed by atoms with Crippen LogP contribution in [0, 0.1) is 5.92 Å². The minimum Gasteiger partial charge on any atom is -1.00 e. The van der Waals surface area contributed by atoms with Crippen LogP contribution in [0.15, 0.2) is 48.5 Å². The van der Waals surface area contributed by atoms with E-state index >= 15 is 0 Å². The van der Waals surface area contributed by atoms with Gasteiger partial charge in [0, 0.05) is 24.0 Å². The van der Waals surface area contributed by atoms with Crippen LogP contribution in [0.1, 0.15) is 46.1 Å². The van der Waals surface area contributed by atoms with E-state index in [1.165, 1.54) is 18.4 Å². The number of rotatable bonds is 2. The van der Waals surface area contributed by atoms with Crippen molar-refractivity contribution in [2.45, 2.75) is 46.0 Å². The molecule has 0 spiro atoms. The lowest BCUT2D eigenvalue weighted by molar-refractivity contribution is -0.00000611. The first-order chi connectivity index (χ1) is 12.9. The maximum Gasteiger partial charge on any atom is 0.162 e. The average molecular weight is 395 g/mol. The number of anilines is 1. The number of hydrogen-bond donors (Lipinski definition) is 0. The SMILES string of the molecule is CC1CCN(c2nc(-c3ccc(C(C)(C)C)cc3)nc3ccccc23)CC1.[Cl-]. The van der Waals surface area contributed by atoms with Gasteiger partial charge in [-0.15, -0.1) is 0 Å². The molecule has 0 atom stereocenters. The first kappa shape index (κ1) is 20.6. The summed E-state index contributed by atoms with van der Waals surface area (Å²) in [5, 5.41) is 1.15. The zero-order valence-electron chi connectivity index (χ0n) is 17.2. The summed E-state index contributed by atoms with van der Waals surface area (Å²) in [4.78, 5) is 12.3. The average Bonchev–Trinajstić information content (AvgIpc) is 2.67. The summed E-state index contributed by atoms with van der Waals surface area (Å²) >= 11 is 0. The number of para-hydroxylation sites is 1. The molecule has 1 aliphatic heterocycles. The Bertz CT molecular complexity index is 936. The molecule has 1 aromatic heterocycles. The number of fused-ring (bicyclic) bond motifs is 1. The van der Waals surface area contributed by atoms with Gasteiger partial charge < -0.3 is 17.3 Å². The van der Waals surface area contributed by atoms with Gasteiger partial charge in [-0.25, -0.2) is 9.97 Å². The highest BCUT2D eigenvalue weighted by atomic mass is 35.5. The van der Waals surface area contributed by atoms with E-state index in [1.807, 2.05) is 0 Å². The van der Waals surface area contributed by atoms with Gasteiger partial charge in [0.2, 0.25) is 0 Å². The summed E-state index contributed by atoms with van der Waals surface area (Å²) in [5.74, 6) is 2.71. The van der Waals surface area contributed by atoms with Gasteiger partial charge in [0.1, 0.15) is 5.82 Å². The second-order valence-corrected chi connectivity index (χ2v) is 8.88. The molecule has 0 N–H and O–H groups in total. The van der Waals surface area contributed by atoms with E-state index in [0.717, 1.165) is 47.1 Å². The van der Waals surface area contributed by atoms with E-state index < -0.39 is 0 Å². The Labute approximate surface area is 174 Å². The summed E-state index contributed by atoms with van der Waals surface area (Å²) in [5.41, 5.74) is 3.59. The van der Waals surface area contributed by atoms with Crippen LogP contribution in [0.25, 0.3) is 22.3 Å². The molecule has 0 aliphatic carbocycles. The Morgan fingerprint density at radius 1 is 0.893 bits per heavy atom. The van der Waals surface area contributed by atoms with Gasteiger partial charge in [-0.2, -0.15) is 0 Å². The maximum atomic E-state index is 5.03. The van der Waals surface area contributed by atoms with Crippen molar-refractivity contribution in [1.82, 2.24) is 9.97 Å². The summed E-state index contributed by atoms with van der Waals surface area (Å²) in [6, 6.07) is 17.1. The summed E-state index contributed by atoms with van der Waals surface area (Å²) < 4.78 is 0. The Kier molecular flexibility index (Phi) is 5.95. The third-order valence-corrected chi connectivity index (χ3v) is 5.68. The van der Waals surface area contributed by atoms with Crippen molar-refractivity contribution < 1.29 is 12.4 Å². The van der Waals surface area contributed by atoms with Crippen molar-refractivity contribution in [3.63, 3.8) is 0 Å². The Morgan fingerprint density at radius 2 is 1.54 bits per heavy atom.